The molecule has 2 rings (SSSR count). The molecule has 2 aromatic heterocycles. The van der Waals surface area contributed by atoms with E-state index in [1.54, 1.807) is 12.1 Å². The fourth-order valence-corrected chi connectivity index (χ4v) is 1.31. The summed E-state index contributed by atoms with van der Waals surface area (Å²) in [6.45, 7) is -0.479. The minimum absolute atomic E-state index is 0.209. The van der Waals surface area contributed by atoms with Crippen LogP contribution in [0.1, 0.15) is 0 Å². The molecule has 0 aliphatic rings. The molecule has 0 fully saturated rings. The molecule has 1 atom stereocenters. The second kappa shape index (κ2) is 5.93. The first-order valence-corrected chi connectivity index (χ1v) is 5.62. The van der Waals surface area contributed by atoms with E-state index in [0.717, 1.165) is 4.80 Å². The van der Waals surface area contributed by atoms with Crippen LogP contribution in [0.2, 0.25) is 0 Å². The molecular formula is C10H12N6O4. The van der Waals surface area contributed by atoms with E-state index < -0.39 is 17.9 Å². The van der Waals surface area contributed by atoms with E-state index in [0.29, 0.717) is 5.76 Å². The summed E-state index contributed by atoms with van der Waals surface area (Å²) in [6.07, 6.45) is 0.0369. The number of carbonyl (C=O) groups is 2. The van der Waals surface area contributed by atoms with Crippen molar-refractivity contribution in [3.8, 4) is 11.6 Å². The average Bonchev–Trinajstić information content (AvgIpc) is 3.05. The Hall–Kier alpha value is -2.75. The molecule has 0 radical (unpaired) electrons. The van der Waals surface area contributed by atoms with Gasteiger partial charge in [0, 0.05) is 0 Å². The standard InChI is InChI=1S/C10H12N6O4/c11-9(19)6(17)4-12-8(18)5-16-14-10(13-15-16)7-2-1-3-20-7/h1-3,6,17H,4-5H2,(H2,11,19)(H,12,18). The zero-order chi connectivity index (χ0) is 14.5. The van der Waals surface area contributed by atoms with Crippen molar-refractivity contribution in [1.29, 1.82) is 0 Å². The van der Waals surface area contributed by atoms with E-state index in [1.807, 2.05) is 0 Å². The molecule has 4 N–H and O–H groups in total. The van der Waals surface area contributed by atoms with Gasteiger partial charge >= 0.3 is 0 Å². The Morgan fingerprint density at radius 3 is 3.00 bits per heavy atom. The summed E-state index contributed by atoms with van der Waals surface area (Å²) in [5.41, 5.74) is 4.84. The highest BCUT2D eigenvalue weighted by molar-refractivity contribution is 5.80. The first kappa shape index (κ1) is 13.7. The number of nitrogens with zero attached hydrogens (tertiary/aromatic N) is 4. The van der Waals surface area contributed by atoms with Crippen LogP contribution in [-0.4, -0.2) is 49.8 Å². The lowest BCUT2D eigenvalue weighted by atomic mass is 10.3. The minimum atomic E-state index is -1.43. The lowest BCUT2D eigenvalue weighted by Gasteiger charge is -2.07. The van der Waals surface area contributed by atoms with Crippen molar-refractivity contribution in [1.82, 2.24) is 25.5 Å². The van der Waals surface area contributed by atoms with Crippen molar-refractivity contribution in [2.24, 2.45) is 5.73 Å². The Kier molecular flexibility index (Phi) is 4.05. The Morgan fingerprint density at radius 1 is 1.55 bits per heavy atom. The number of furan rings is 1. The minimum Gasteiger partial charge on any atom is -0.461 e. The zero-order valence-corrected chi connectivity index (χ0v) is 10.3. The van der Waals surface area contributed by atoms with Gasteiger partial charge < -0.3 is 20.6 Å². The topological polar surface area (TPSA) is 149 Å². The molecule has 20 heavy (non-hydrogen) atoms. The molecule has 0 aliphatic heterocycles. The van der Waals surface area contributed by atoms with E-state index in [2.05, 4.69) is 20.7 Å². The second-order valence-corrected chi connectivity index (χ2v) is 3.84. The van der Waals surface area contributed by atoms with Crippen LogP contribution in [0, 0.1) is 0 Å². The molecular weight excluding hydrogens is 268 g/mol. The molecule has 0 spiro atoms. The number of nitrogens with two attached hydrogens (primary N) is 1. The summed E-state index contributed by atoms with van der Waals surface area (Å²) in [7, 11) is 0. The molecule has 0 saturated heterocycles. The summed E-state index contributed by atoms with van der Waals surface area (Å²) in [5.74, 6) is -0.723. The van der Waals surface area contributed by atoms with Gasteiger partial charge in [0.2, 0.25) is 17.6 Å². The van der Waals surface area contributed by atoms with E-state index >= 15 is 0 Å². The van der Waals surface area contributed by atoms with Crippen molar-refractivity contribution in [2.45, 2.75) is 12.6 Å². The maximum Gasteiger partial charge on any atom is 0.248 e. The smallest absolute Gasteiger partial charge is 0.248 e. The van der Waals surface area contributed by atoms with Crippen LogP contribution in [0.25, 0.3) is 11.6 Å². The average molecular weight is 280 g/mol. The molecule has 0 aromatic carbocycles. The van der Waals surface area contributed by atoms with Gasteiger partial charge in [0.25, 0.3) is 0 Å². The fraction of sp³-hybridized carbons (Fsp3) is 0.300. The van der Waals surface area contributed by atoms with Crippen molar-refractivity contribution in [3.63, 3.8) is 0 Å². The third-order valence-electron chi connectivity index (χ3n) is 2.30. The molecule has 2 aromatic rings. The molecule has 0 saturated carbocycles. The number of aliphatic hydroxyl groups excluding tert-OH is 1. The number of hydrogen-bond donors (Lipinski definition) is 3. The molecule has 0 aliphatic carbocycles. The molecule has 106 valence electrons. The van der Waals surface area contributed by atoms with E-state index in [4.69, 9.17) is 15.3 Å². The van der Waals surface area contributed by atoms with Crippen molar-refractivity contribution >= 4 is 11.8 Å². The van der Waals surface area contributed by atoms with Gasteiger partial charge in [-0.25, -0.2) is 0 Å². The summed E-state index contributed by atoms with van der Waals surface area (Å²) >= 11 is 0. The van der Waals surface area contributed by atoms with E-state index in [-0.39, 0.29) is 18.9 Å². The van der Waals surface area contributed by atoms with Gasteiger partial charge in [0.05, 0.1) is 12.8 Å². The Bertz CT molecular complexity index is 593. The third-order valence-corrected chi connectivity index (χ3v) is 2.30. The quantitative estimate of drug-likeness (QED) is 0.548. The summed E-state index contributed by atoms with van der Waals surface area (Å²) < 4.78 is 5.08. The van der Waals surface area contributed by atoms with Crippen LogP contribution in [0.4, 0.5) is 0 Å². The van der Waals surface area contributed by atoms with Crippen LogP contribution in [0.3, 0.4) is 0 Å². The first-order valence-electron chi connectivity index (χ1n) is 5.62. The number of carbonyl (C=O) groups excluding carboxylic acids is 2. The molecule has 0 bridgehead atoms. The number of hydrogen-bond acceptors (Lipinski definition) is 7. The Morgan fingerprint density at radius 2 is 2.35 bits per heavy atom. The largest absolute Gasteiger partial charge is 0.461 e. The zero-order valence-electron chi connectivity index (χ0n) is 10.3. The lowest BCUT2D eigenvalue weighted by molar-refractivity contribution is -0.127. The number of aliphatic hydroxyl groups is 1. The first-order chi connectivity index (χ1) is 9.56. The number of nitrogens with one attached hydrogen (secondary N) is 1. The van der Waals surface area contributed by atoms with Crippen LogP contribution >= 0.6 is 0 Å². The van der Waals surface area contributed by atoms with Crippen molar-refractivity contribution in [3.05, 3.63) is 18.4 Å². The van der Waals surface area contributed by atoms with Gasteiger partial charge in [-0.05, 0) is 17.3 Å². The summed E-state index contributed by atoms with van der Waals surface area (Å²) in [5, 5.41) is 22.8. The number of tetrazole rings is 1. The molecule has 10 nitrogen and oxygen atoms in total. The number of rotatable bonds is 6. The predicted octanol–water partition coefficient (Wildman–Crippen LogP) is -2.10. The molecule has 2 heterocycles. The van der Waals surface area contributed by atoms with Gasteiger partial charge in [-0.1, -0.05) is 0 Å². The van der Waals surface area contributed by atoms with Crippen LogP contribution in [0.15, 0.2) is 22.8 Å². The molecule has 2 amide bonds. The van der Waals surface area contributed by atoms with Crippen LogP contribution < -0.4 is 11.1 Å². The SMILES string of the molecule is NC(=O)C(O)CNC(=O)Cn1nnc(-c2ccco2)n1. The van der Waals surface area contributed by atoms with Crippen LogP contribution in [0.5, 0.6) is 0 Å². The highest BCUT2D eigenvalue weighted by atomic mass is 16.3. The third kappa shape index (κ3) is 3.38. The van der Waals surface area contributed by atoms with Gasteiger partial charge in [-0.3, -0.25) is 9.59 Å². The maximum atomic E-state index is 11.5. The fourth-order valence-electron chi connectivity index (χ4n) is 1.31. The van der Waals surface area contributed by atoms with Gasteiger partial charge in [0.1, 0.15) is 12.6 Å². The normalized spacial score (nSPS) is 12.1. The number of primary amides is 1. The van der Waals surface area contributed by atoms with Gasteiger partial charge in [-0.2, -0.15) is 4.80 Å². The van der Waals surface area contributed by atoms with Crippen molar-refractivity contribution in [2.75, 3.05) is 6.54 Å². The second-order valence-electron chi connectivity index (χ2n) is 3.84. The summed E-state index contributed by atoms with van der Waals surface area (Å²) in [6, 6.07) is 3.33. The van der Waals surface area contributed by atoms with E-state index in [9.17, 15) is 9.59 Å². The van der Waals surface area contributed by atoms with E-state index in [1.165, 1.54) is 6.26 Å². The highest BCUT2D eigenvalue weighted by Crippen LogP contribution is 2.12. The predicted molar refractivity (Wildman–Crippen MR) is 63.7 cm³/mol. The van der Waals surface area contributed by atoms with Gasteiger partial charge in [-0.15, -0.1) is 10.2 Å². The number of amides is 2. The summed E-state index contributed by atoms with van der Waals surface area (Å²) in [4.78, 5) is 23.1. The lowest BCUT2D eigenvalue weighted by Crippen LogP contribution is -2.41. The monoisotopic (exact) mass is 280 g/mol. The Labute approximate surface area is 112 Å². The molecule has 1 unspecified atom stereocenters. The Balaban J connectivity index is 1.87. The van der Waals surface area contributed by atoms with Crippen LogP contribution in [-0.2, 0) is 16.1 Å². The number of aromatic nitrogens is 4. The molecule has 10 heteroatoms. The highest BCUT2D eigenvalue weighted by Gasteiger charge is 2.14. The maximum absolute atomic E-state index is 11.5. The van der Waals surface area contributed by atoms with Crippen molar-refractivity contribution < 1.29 is 19.1 Å². The van der Waals surface area contributed by atoms with Gasteiger partial charge in [0.15, 0.2) is 5.76 Å².